The summed E-state index contributed by atoms with van der Waals surface area (Å²) in [6.45, 7) is 5.37. The van der Waals surface area contributed by atoms with Crippen LogP contribution in [0.3, 0.4) is 0 Å². The fraction of sp³-hybridized carbons (Fsp3) is 0.886. The van der Waals surface area contributed by atoms with Gasteiger partial charge in [-0.2, -0.15) is 0 Å². The molecule has 0 heterocycles. The zero-order chi connectivity index (χ0) is 39.1. The second-order valence-electron chi connectivity index (χ2n) is 16.0. The van der Waals surface area contributed by atoms with E-state index in [9.17, 15) is 14.3 Å². The quantitative estimate of drug-likeness (QED) is 0.0201. The molecule has 0 radical (unpaired) electrons. The molecule has 0 fully saturated rings. The zero-order valence-corrected chi connectivity index (χ0v) is 36.4. The van der Waals surface area contributed by atoms with E-state index in [1.165, 1.54) is 128 Å². The number of unbranched alkanes of at least 4 members (excludes halogenated alkanes) is 23. The first-order valence-electron chi connectivity index (χ1n) is 22.1. The number of rotatable bonds is 41. The van der Waals surface area contributed by atoms with E-state index < -0.39 is 13.9 Å². The summed E-state index contributed by atoms with van der Waals surface area (Å²) in [5.74, 6) is -0.344. The Balaban J connectivity index is 4.15. The van der Waals surface area contributed by atoms with Gasteiger partial charge < -0.3 is 27.9 Å². The number of esters is 1. The van der Waals surface area contributed by atoms with Crippen LogP contribution in [-0.4, -0.2) is 70.7 Å². The topological polar surface area (TPSA) is 94.1 Å². The van der Waals surface area contributed by atoms with Gasteiger partial charge in [0, 0.05) is 13.0 Å². The van der Waals surface area contributed by atoms with Gasteiger partial charge >= 0.3 is 5.97 Å². The number of phosphoric ester groups is 1. The molecule has 2 atom stereocenters. The maximum atomic E-state index is 12.6. The number of carbonyl (C=O) groups is 1. The molecule has 0 aliphatic heterocycles. The Kier molecular flexibility index (Phi) is 37.2. The van der Waals surface area contributed by atoms with E-state index in [2.05, 4.69) is 38.2 Å². The van der Waals surface area contributed by atoms with Crippen molar-refractivity contribution in [2.45, 2.75) is 200 Å². The van der Waals surface area contributed by atoms with Gasteiger partial charge in [0.1, 0.15) is 19.3 Å². The van der Waals surface area contributed by atoms with Gasteiger partial charge in [-0.1, -0.05) is 154 Å². The van der Waals surface area contributed by atoms with Crippen LogP contribution in [0.1, 0.15) is 194 Å². The molecule has 0 bridgehead atoms. The summed E-state index contributed by atoms with van der Waals surface area (Å²) in [6, 6.07) is 0. The lowest BCUT2D eigenvalue weighted by atomic mass is 10.1. The molecule has 314 valence electrons. The van der Waals surface area contributed by atoms with E-state index in [1.54, 1.807) is 0 Å². The molecular weight excluding hydrogens is 685 g/mol. The van der Waals surface area contributed by atoms with Crippen LogP contribution in [-0.2, 0) is 27.9 Å². The van der Waals surface area contributed by atoms with Gasteiger partial charge in [0.05, 0.1) is 34.4 Å². The summed E-state index contributed by atoms with van der Waals surface area (Å²) in [5, 5.41) is 0. The van der Waals surface area contributed by atoms with Crippen molar-refractivity contribution >= 4 is 13.8 Å². The largest absolute Gasteiger partial charge is 0.756 e. The number of hydrogen-bond donors (Lipinski definition) is 0. The third kappa shape index (κ3) is 42.0. The molecule has 0 spiro atoms. The van der Waals surface area contributed by atoms with Crippen LogP contribution >= 0.6 is 7.82 Å². The monoisotopic (exact) mass is 772 g/mol. The van der Waals surface area contributed by atoms with E-state index in [4.69, 9.17) is 18.5 Å². The molecule has 0 saturated heterocycles. The summed E-state index contributed by atoms with van der Waals surface area (Å²) in [4.78, 5) is 25.0. The Labute approximate surface area is 328 Å². The third-order valence-corrected chi connectivity index (χ3v) is 10.4. The van der Waals surface area contributed by atoms with Gasteiger partial charge in [0.2, 0.25) is 0 Å². The Bertz CT molecular complexity index is 905. The van der Waals surface area contributed by atoms with Crippen molar-refractivity contribution in [3.05, 3.63) is 24.3 Å². The first kappa shape index (κ1) is 52.0. The van der Waals surface area contributed by atoms with Crippen LogP contribution < -0.4 is 4.89 Å². The number of carbonyl (C=O) groups excluding carboxylic acids is 1. The van der Waals surface area contributed by atoms with Gasteiger partial charge in [0.15, 0.2) is 0 Å². The van der Waals surface area contributed by atoms with Crippen LogP contribution in [0.25, 0.3) is 0 Å². The standard InChI is InChI=1S/C44H86NO7P/c1-6-8-10-12-14-16-18-19-20-21-22-23-24-25-26-28-30-32-34-36-39-49-41-43(42-51-53(47,48)50-40-38-45(3,4)5)52-44(46)37-35-33-31-29-27-17-15-13-11-9-7-2/h13,15,19-20,43H,6-12,14,16-18,21-42H2,1-5H3/b15-13-,20-19-. The smallest absolute Gasteiger partial charge is 0.306 e. The molecule has 0 aliphatic rings. The molecule has 8 nitrogen and oxygen atoms in total. The predicted octanol–water partition coefficient (Wildman–Crippen LogP) is 12.2. The van der Waals surface area contributed by atoms with E-state index >= 15 is 0 Å². The van der Waals surface area contributed by atoms with Crippen LogP contribution in [0.4, 0.5) is 0 Å². The number of likely N-dealkylation sites (N-methyl/N-ethyl adjacent to an activating group) is 1. The highest BCUT2D eigenvalue weighted by atomic mass is 31.2. The van der Waals surface area contributed by atoms with Crippen molar-refractivity contribution in [1.82, 2.24) is 0 Å². The van der Waals surface area contributed by atoms with Crippen molar-refractivity contribution < 1.29 is 37.3 Å². The summed E-state index contributed by atoms with van der Waals surface area (Å²) >= 11 is 0. The Hall–Kier alpha value is -1.02. The average Bonchev–Trinajstić information content (AvgIpc) is 3.11. The highest BCUT2D eigenvalue weighted by molar-refractivity contribution is 7.45. The van der Waals surface area contributed by atoms with Crippen molar-refractivity contribution in [1.29, 1.82) is 0 Å². The summed E-state index contributed by atoms with van der Waals surface area (Å²) in [7, 11) is 1.35. The number of hydrogen-bond acceptors (Lipinski definition) is 7. The molecule has 0 amide bonds. The van der Waals surface area contributed by atoms with Crippen molar-refractivity contribution in [2.24, 2.45) is 0 Å². The molecule has 53 heavy (non-hydrogen) atoms. The normalized spacial score (nSPS) is 14.0. The molecule has 2 unspecified atom stereocenters. The average molecular weight is 772 g/mol. The number of quaternary nitrogens is 1. The molecule has 0 aromatic heterocycles. The number of ether oxygens (including phenoxy) is 2. The minimum absolute atomic E-state index is 0.0254. The summed E-state index contributed by atoms with van der Waals surface area (Å²) < 4.78 is 34.5. The lowest BCUT2D eigenvalue weighted by Crippen LogP contribution is -2.37. The van der Waals surface area contributed by atoms with E-state index in [0.717, 1.165) is 44.9 Å². The van der Waals surface area contributed by atoms with E-state index in [1.807, 2.05) is 21.1 Å². The van der Waals surface area contributed by atoms with Crippen LogP contribution in [0.15, 0.2) is 24.3 Å². The second kappa shape index (κ2) is 37.9. The maximum Gasteiger partial charge on any atom is 0.306 e. The molecule has 0 aromatic carbocycles. The van der Waals surface area contributed by atoms with Gasteiger partial charge in [-0.3, -0.25) is 9.36 Å². The fourth-order valence-electron chi connectivity index (χ4n) is 5.99. The van der Waals surface area contributed by atoms with Crippen LogP contribution in [0.5, 0.6) is 0 Å². The lowest BCUT2D eigenvalue weighted by molar-refractivity contribution is -0.870. The van der Waals surface area contributed by atoms with Crippen molar-refractivity contribution in [2.75, 3.05) is 54.1 Å². The second-order valence-corrected chi connectivity index (χ2v) is 17.5. The molecular formula is C44H86NO7P. The molecule has 0 aromatic rings. The maximum absolute atomic E-state index is 12.6. The number of phosphoric acid groups is 1. The molecule has 0 N–H and O–H groups in total. The Morgan fingerprint density at radius 2 is 1.00 bits per heavy atom. The highest BCUT2D eigenvalue weighted by Crippen LogP contribution is 2.38. The SMILES string of the molecule is CCCC/C=C\CCCCCCCC(=O)OC(COCCCCCCCCCCCC/C=C\CCCCCCCC)COP(=O)([O-])OCC[N+](C)(C)C. The van der Waals surface area contributed by atoms with Gasteiger partial charge in [-0.15, -0.1) is 0 Å². The lowest BCUT2D eigenvalue weighted by Gasteiger charge is -2.28. The fourth-order valence-corrected chi connectivity index (χ4v) is 6.72. The van der Waals surface area contributed by atoms with Crippen molar-refractivity contribution in [3.8, 4) is 0 Å². The van der Waals surface area contributed by atoms with E-state index in [-0.39, 0.29) is 25.8 Å². The van der Waals surface area contributed by atoms with Crippen LogP contribution in [0, 0.1) is 0 Å². The van der Waals surface area contributed by atoms with Gasteiger partial charge in [-0.05, 0) is 57.8 Å². The Morgan fingerprint density at radius 1 is 0.566 bits per heavy atom. The predicted molar refractivity (Wildman–Crippen MR) is 222 cm³/mol. The zero-order valence-electron chi connectivity index (χ0n) is 35.5. The minimum atomic E-state index is -4.52. The molecule has 9 heteroatoms. The first-order valence-corrected chi connectivity index (χ1v) is 23.5. The van der Waals surface area contributed by atoms with E-state index in [0.29, 0.717) is 24.1 Å². The molecule has 0 rings (SSSR count). The Morgan fingerprint density at radius 3 is 1.49 bits per heavy atom. The molecule has 0 saturated carbocycles. The minimum Gasteiger partial charge on any atom is -0.756 e. The highest BCUT2D eigenvalue weighted by Gasteiger charge is 2.20. The van der Waals surface area contributed by atoms with Gasteiger partial charge in [0.25, 0.3) is 7.82 Å². The summed E-state index contributed by atoms with van der Waals surface area (Å²) in [6.07, 6.45) is 41.9. The summed E-state index contributed by atoms with van der Waals surface area (Å²) in [5.41, 5.74) is 0. The van der Waals surface area contributed by atoms with Crippen LogP contribution in [0.2, 0.25) is 0 Å². The van der Waals surface area contributed by atoms with Gasteiger partial charge in [-0.25, -0.2) is 0 Å². The number of allylic oxidation sites excluding steroid dienone is 4. The number of nitrogens with zero attached hydrogens (tertiary/aromatic N) is 1. The molecule has 0 aliphatic carbocycles. The first-order chi connectivity index (χ1) is 25.6. The third-order valence-electron chi connectivity index (χ3n) is 9.48. The van der Waals surface area contributed by atoms with Crippen molar-refractivity contribution in [3.63, 3.8) is 0 Å².